The van der Waals surface area contributed by atoms with Gasteiger partial charge in [-0.2, -0.15) is 0 Å². The summed E-state index contributed by atoms with van der Waals surface area (Å²) in [5.41, 5.74) is 10.5. The Labute approximate surface area is 121 Å². The third-order valence-electron chi connectivity index (χ3n) is 4.61. The predicted octanol–water partition coefficient (Wildman–Crippen LogP) is 4.02. The number of nitrogens with zero attached hydrogens (tertiary/aromatic N) is 1. The van der Waals surface area contributed by atoms with Crippen molar-refractivity contribution < 1.29 is 0 Å². The first-order valence-corrected chi connectivity index (χ1v) is 7.74. The zero-order valence-corrected chi connectivity index (χ0v) is 12.3. The fourth-order valence-corrected chi connectivity index (χ4v) is 3.28. The highest BCUT2D eigenvalue weighted by atomic mass is 15.0. The van der Waals surface area contributed by atoms with Crippen LogP contribution in [0.3, 0.4) is 0 Å². The molecule has 1 aliphatic carbocycles. The van der Waals surface area contributed by atoms with Crippen LogP contribution in [0, 0.1) is 0 Å². The number of aromatic nitrogens is 1. The molecule has 1 aliphatic rings. The molecule has 2 unspecified atom stereocenters. The highest BCUT2D eigenvalue weighted by molar-refractivity contribution is 5.28. The molecule has 0 aliphatic heterocycles. The van der Waals surface area contributed by atoms with Crippen molar-refractivity contribution in [3.8, 4) is 0 Å². The Bertz CT molecular complexity index is 556. The lowest BCUT2D eigenvalue weighted by molar-refractivity contribution is 0.517. The van der Waals surface area contributed by atoms with Gasteiger partial charge in [-0.15, -0.1) is 0 Å². The highest BCUT2D eigenvalue weighted by Crippen LogP contribution is 2.29. The van der Waals surface area contributed by atoms with Crippen molar-refractivity contribution >= 4 is 0 Å². The molecule has 106 valence electrons. The van der Waals surface area contributed by atoms with Crippen LogP contribution in [0.5, 0.6) is 0 Å². The minimum absolute atomic E-state index is 0.256. The van der Waals surface area contributed by atoms with Gasteiger partial charge in [-0.05, 0) is 48.8 Å². The third-order valence-corrected chi connectivity index (χ3v) is 4.61. The fraction of sp³-hybridized carbons (Fsp3) is 0.444. The van der Waals surface area contributed by atoms with E-state index in [4.69, 9.17) is 5.73 Å². The molecular formula is C18H24N2. The van der Waals surface area contributed by atoms with Crippen molar-refractivity contribution in [3.63, 3.8) is 0 Å². The largest absolute Gasteiger partial charge is 0.351 e. The van der Waals surface area contributed by atoms with Gasteiger partial charge < -0.3 is 10.3 Å². The Kier molecular flexibility index (Phi) is 3.93. The second-order valence-corrected chi connectivity index (χ2v) is 6.01. The van der Waals surface area contributed by atoms with E-state index in [-0.39, 0.29) is 6.04 Å². The first-order chi connectivity index (χ1) is 9.75. The summed E-state index contributed by atoms with van der Waals surface area (Å²) in [6.45, 7) is 3.41. The molecule has 0 bridgehead atoms. The van der Waals surface area contributed by atoms with Crippen LogP contribution in [-0.4, -0.2) is 4.57 Å². The van der Waals surface area contributed by atoms with Crippen LogP contribution in [0.25, 0.3) is 0 Å². The Morgan fingerprint density at radius 3 is 2.85 bits per heavy atom. The molecule has 0 saturated carbocycles. The molecule has 2 atom stereocenters. The second kappa shape index (κ2) is 5.84. The minimum Gasteiger partial charge on any atom is -0.351 e. The van der Waals surface area contributed by atoms with Gasteiger partial charge in [0.2, 0.25) is 0 Å². The summed E-state index contributed by atoms with van der Waals surface area (Å²) in [5.74, 6) is 0.603. The van der Waals surface area contributed by atoms with E-state index in [1.165, 1.54) is 36.1 Å². The fourth-order valence-electron chi connectivity index (χ4n) is 3.28. The number of hydrogen-bond donors (Lipinski definition) is 1. The standard InChI is InChI=1S/C18H24N2/c1-14(15-6-3-2-4-7-15)10-12-20-13-11-16-17(19)8-5-9-18(16)20/h2-4,6-7,11,13-14,17H,5,8-10,12,19H2,1H3. The zero-order chi connectivity index (χ0) is 13.9. The van der Waals surface area contributed by atoms with Crippen molar-refractivity contribution in [2.45, 2.75) is 51.1 Å². The van der Waals surface area contributed by atoms with E-state index in [0.717, 1.165) is 13.0 Å². The molecule has 1 heterocycles. The number of nitrogens with two attached hydrogens (primary N) is 1. The van der Waals surface area contributed by atoms with E-state index in [0.29, 0.717) is 5.92 Å². The summed E-state index contributed by atoms with van der Waals surface area (Å²) in [6.07, 6.45) is 6.97. The van der Waals surface area contributed by atoms with Crippen molar-refractivity contribution in [1.29, 1.82) is 0 Å². The van der Waals surface area contributed by atoms with Gasteiger partial charge in [0, 0.05) is 24.5 Å². The molecule has 2 aromatic rings. The first kappa shape index (κ1) is 13.4. The van der Waals surface area contributed by atoms with E-state index in [9.17, 15) is 0 Å². The molecule has 2 heteroatoms. The molecule has 2 nitrogen and oxygen atoms in total. The zero-order valence-electron chi connectivity index (χ0n) is 12.3. The first-order valence-electron chi connectivity index (χ1n) is 7.74. The molecule has 0 spiro atoms. The van der Waals surface area contributed by atoms with Gasteiger partial charge in [0.05, 0.1) is 0 Å². The maximum atomic E-state index is 6.19. The van der Waals surface area contributed by atoms with E-state index < -0.39 is 0 Å². The summed E-state index contributed by atoms with van der Waals surface area (Å²) in [7, 11) is 0. The molecule has 0 saturated heterocycles. The van der Waals surface area contributed by atoms with Crippen LogP contribution in [0.2, 0.25) is 0 Å². The number of fused-ring (bicyclic) bond motifs is 1. The van der Waals surface area contributed by atoms with Crippen LogP contribution in [0.4, 0.5) is 0 Å². The van der Waals surface area contributed by atoms with Crippen molar-refractivity contribution in [1.82, 2.24) is 4.57 Å². The van der Waals surface area contributed by atoms with E-state index in [2.05, 4.69) is 54.1 Å². The molecule has 1 aromatic heterocycles. The number of aryl methyl sites for hydroxylation is 1. The molecule has 0 amide bonds. The normalized spacial score (nSPS) is 19.6. The maximum Gasteiger partial charge on any atom is 0.0312 e. The summed E-state index contributed by atoms with van der Waals surface area (Å²) < 4.78 is 2.42. The maximum absolute atomic E-state index is 6.19. The monoisotopic (exact) mass is 268 g/mol. The number of rotatable bonds is 4. The SMILES string of the molecule is CC(CCn1ccc2c1CCCC2N)c1ccccc1. The molecular weight excluding hydrogens is 244 g/mol. The minimum atomic E-state index is 0.256. The third kappa shape index (κ3) is 2.66. The van der Waals surface area contributed by atoms with Gasteiger partial charge in [-0.3, -0.25) is 0 Å². The average molecular weight is 268 g/mol. The Morgan fingerprint density at radius 2 is 2.05 bits per heavy atom. The van der Waals surface area contributed by atoms with Crippen molar-refractivity contribution in [2.75, 3.05) is 0 Å². The molecule has 20 heavy (non-hydrogen) atoms. The van der Waals surface area contributed by atoms with Gasteiger partial charge >= 0.3 is 0 Å². The van der Waals surface area contributed by atoms with E-state index in [1.807, 2.05) is 0 Å². The number of benzene rings is 1. The predicted molar refractivity (Wildman–Crippen MR) is 83.8 cm³/mol. The second-order valence-electron chi connectivity index (χ2n) is 6.01. The quantitative estimate of drug-likeness (QED) is 0.892. The van der Waals surface area contributed by atoms with Crippen LogP contribution in [-0.2, 0) is 13.0 Å². The molecule has 3 rings (SSSR count). The van der Waals surface area contributed by atoms with Crippen LogP contribution in [0.15, 0.2) is 42.6 Å². The summed E-state index contributed by atoms with van der Waals surface area (Å²) >= 11 is 0. The Balaban J connectivity index is 1.67. The highest BCUT2D eigenvalue weighted by Gasteiger charge is 2.20. The summed E-state index contributed by atoms with van der Waals surface area (Å²) in [6, 6.07) is 13.3. The van der Waals surface area contributed by atoms with Gasteiger partial charge in [0.15, 0.2) is 0 Å². The van der Waals surface area contributed by atoms with Crippen LogP contribution < -0.4 is 5.73 Å². The molecule has 1 aromatic carbocycles. The van der Waals surface area contributed by atoms with Gasteiger partial charge in [-0.1, -0.05) is 37.3 Å². The Hall–Kier alpha value is -1.54. The van der Waals surface area contributed by atoms with Gasteiger partial charge in [0.1, 0.15) is 0 Å². The molecule has 2 N–H and O–H groups in total. The smallest absolute Gasteiger partial charge is 0.0312 e. The van der Waals surface area contributed by atoms with Gasteiger partial charge in [0.25, 0.3) is 0 Å². The molecule has 0 fully saturated rings. The lowest BCUT2D eigenvalue weighted by Crippen LogP contribution is -2.18. The van der Waals surface area contributed by atoms with Crippen LogP contribution >= 0.6 is 0 Å². The lowest BCUT2D eigenvalue weighted by atomic mass is 9.93. The molecule has 0 radical (unpaired) electrons. The average Bonchev–Trinajstić information content (AvgIpc) is 2.90. The van der Waals surface area contributed by atoms with Crippen LogP contribution in [0.1, 0.15) is 55.0 Å². The van der Waals surface area contributed by atoms with E-state index in [1.54, 1.807) is 0 Å². The number of hydrogen-bond acceptors (Lipinski definition) is 1. The summed E-state index contributed by atoms with van der Waals surface area (Å²) in [4.78, 5) is 0. The van der Waals surface area contributed by atoms with Crippen molar-refractivity contribution in [3.05, 3.63) is 59.4 Å². The topological polar surface area (TPSA) is 30.9 Å². The summed E-state index contributed by atoms with van der Waals surface area (Å²) in [5, 5.41) is 0. The van der Waals surface area contributed by atoms with E-state index >= 15 is 0 Å². The van der Waals surface area contributed by atoms with Gasteiger partial charge in [-0.25, -0.2) is 0 Å². The van der Waals surface area contributed by atoms with Crippen molar-refractivity contribution in [2.24, 2.45) is 5.73 Å². The lowest BCUT2D eigenvalue weighted by Gasteiger charge is -2.21. The Morgan fingerprint density at radius 1 is 1.25 bits per heavy atom.